The van der Waals surface area contributed by atoms with Crippen molar-refractivity contribution in [1.82, 2.24) is 0 Å². The van der Waals surface area contributed by atoms with Crippen molar-refractivity contribution in [2.24, 2.45) is 0 Å². The maximum absolute atomic E-state index is 11.9. The minimum atomic E-state index is -2.32. The summed E-state index contributed by atoms with van der Waals surface area (Å²) in [5, 5.41) is 0. The largest absolute Gasteiger partial charge is 0.528 e. The van der Waals surface area contributed by atoms with Gasteiger partial charge in [-0.25, -0.2) is 4.79 Å². The second kappa shape index (κ2) is 29.5. The number of ether oxygens (including phenoxy) is 2. The standard InChI is InChI=1S/C63H176O6Si27/c1-57-65-63(64)66-61-59-60-62-70(3,4)68-72(7,8)74(11,12)76(15,16)78(19,20)80(23,24)82(27,28)84(31,32)86(35,36)88(39,40)90(43,44)92(47,48)94(51,52)96(55,56)95(53,54)93(49,50)91(45,46)89(41,42)87(37,38)85(33,34)83(29,30)81(25,26)79(21,22)77(17,18)75(13,14)73(9,10)69-71(5,6)67-58-2/h57-58H,1-2,59-62H2,3-56H3. The van der Waals surface area contributed by atoms with Gasteiger partial charge < -0.3 is 22.1 Å². The molecule has 6 nitrogen and oxygen atoms in total. The fraction of sp³-hybridized carbons (Fsp3) is 0.921. The van der Waals surface area contributed by atoms with E-state index >= 15 is 0 Å². The van der Waals surface area contributed by atoms with Crippen molar-refractivity contribution in [2.45, 2.75) is 372 Å². The van der Waals surface area contributed by atoms with Crippen LogP contribution in [-0.4, -0.2) is 209 Å². The summed E-state index contributed by atoms with van der Waals surface area (Å²) in [6, 6.07) is 1.11. The van der Waals surface area contributed by atoms with Gasteiger partial charge in [0.15, 0.2) is 24.0 Å². The minimum Gasteiger partial charge on any atom is -0.528 e. The van der Waals surface area contributed by atoms with E-state index in [1.54, 1.807) is 6.26 Å². The van der Waals surface area contributed by atoms with Crippen LogP contribution in [0.1, 0.15) is 12.8 Å². The fourth-order valence-corrected chi connectivity index (χ4v) is 954. The third kappa shape index (κ3) is 15.1. The van der Waals surface area contributed by atoms with Crippen LogP contribution < -0.4 is 0 Å². The highest BCUT2D eigenvalue weighted by Crippen LogP contribution is 2.55. The first-order valence-electron chi connectivity index (χ1n) is 38.1. The van der Waals surface area contributed by atoms with Crippen molar-refractivity contribution >= 4 is 202 Å². The van der Waals surface area contributed by atoms with Crippen LogP contribution in [0.4, 0.5) is 4.79 Å². The number of carbonyl (C=O) groups excluding carboxylic acids is 1. The summed E-state index contributed by atoms with van der Waals surface area (Å²) in [5.74, 6) is 0. The molecule has 0 amide bonds. The van der Waals surface area contributed by atoms with E-state index in [4.69, 9.17) is 22.1 Å². The predicted molar refractivity (Wildman–Crippen MR) is 522 cm³/mol. The van der Waals surface area contributed by atoms with Gasteiger partial charge >= 0.3 is 14.7 Å². The number of carbonyl (C=O) groups is 1. The Morgan fingerprint density at radius 2 is 0.427 bits per heavy atom. The molecule has 0 saturated carbocycles. The van der Waals surface area contributed by atoms with E-state index in [0.717, 1.165) is 25.1 Å². The third-order valence-corrected chi connectivity index (χ3v) is 660. The first-order chi connectivity index (χ1) is 40.9. The molecule has 0 aromatic heterocycles. The Hall–Kier alpha value is 4.33. The molecular formula is C63H176O6Si27. The van der Waals surface area contributed by atoms with Crippen LogP contribution in [0.3, 0.4) is 0 Å². The highest BCUT2D eigenvalue weighted by atomic mass is 30.2. The summed E-state index contributed by atoms with van der Waals surface area (Å²) in [6.07, 6.45) is 4.03. The zero-order valence-electron chi connectivity index (χ0n) is 75.8. The van der Waals surface area contributed by atoms with Gasteiger partial charge in [0.25, 0.3) is 0 Å². The molecule has 0 atom stereocenters. The minimum absolute atomic E-state index is 0.390. The lowest BCUT2D eigenvalue weighted by atomic mass is 10.4. The summed E-state index contributed by atoms with van der Waals surface area (Å²) in [7, 11) is -49.2. The van der Waals surface area contributed by atoms with Crippen LogP contribution in [0.25, 0.3) is 0 Å². The molecule has 33 heteroatoms. The molecule has 0 unspecified atom stereocenters. The number of rotatable bonds is 36. The van der Waals surface area contributed by atoms with Crippen molar-refractivity contribution in [3.63, 3.8) is 0 Å². The lowest BCUT2D eigenvalue weighted by Gasteiger charge is -2.71. The van der Waals surface area contributed by atoms with E-state index in [0.29, 0.717) is 6.61 Å². The average Bonchev–Trinajstić information content (AvgIpc) is 0.685. The van der Waals surface area contributed by atoms with Gasteiger partial charge in [-0.05, 0) is 64.8 Å². The van der Waals surface area contributed by atoms with Gasteiger partial charge in [0.05, 0.1) is 33.3 Å². The van der Waals surface area contributed by atoms with Crippen LogP contribution >= 0.6 is 0 Å². The Morgan fingerprint density at radius 1 is 0.250 bits per heavy atom. The van der Waals surface area contributed by atoms with E-state index in [2.05, 4.69) is 367 Å². The van der Waals surface area contributed by atoms with Gasteiger partial charge in [-0.1, -0.05) is 321 Å². The molecule has 0 bridgehead atoms. The first-order valence-corrected chi connectivity index (χ1v) is 143. The van der Waals surface area contributed by atoms with Crippen molar-refractivity contribution in [1.29, 1.82) is 0 Å². The zero-order valence-corrected chi connectivity index (χ0v) is 103. The summed E-state index contributed by atoms with van der Waals surface area (Å²) < 4.78 is 31.6. The van der Waals surface area contributed by atoms with Crippen LogP contribution in [0.2, 0.25) is 360 Å². The average molecular weight is 1790 g/mol. The molecule has 0 radical (unpaired) electrons. The van der Waals surface area contributed by atoms with Gasteiger partial charge in [0.1, 0.15) is 0 Å². The molecule has 0 fully saturated rings. The summed E-state index contributed by atoms with van der Waals surface area (Å²) in [4.78, 5) is 11.9. The smallest absolute Gasteiger partial charge is 0.513 e. The van der Waals surface area contributed by atoms with Crippen molar-refractivity contribution in [3.8, 4) is 0 Å². The molecule has 0 aromatic carbocycles. The monoisotopic (exact) mass is 1780 g/mol. The molecule has 0 spiro atoms. The van der Waals surface area contributed by atoms with Crippen LogP contribution in [0, 0.1) is 0 Å². The third-order valence-electron chi connectivity index (χ3n) is 40.4. The van der Waals surface area contributed by atoms with Crippen LogP contribution in [-0.2, 0) is 22.1 Å². The van der Waals surface area contributed by atoms with E-state index in [1.165, 1.54) is 0 Å². The highest BCUT2D eigenvalue weighted by molar-refractivity contribution is 8.15. The Labute approximate surface area is 627 Å². The van der Waals surface area contributed by atoms with E-state index in [1.807, 2.05) is 0 Å². The first kappa shape index (κ1) is 100. The summed E-state index contributed by atoms with van der Waals surface area (Å²) >= 11 is 0. The Morgan fingerprint density at radius 3 is 0.604 bits per heavy atom. The predicted octanol–water partition coefficient (Wildman–Crippen LogP) is 23.7. The van der Waals surface area contributed by atoms with Gasteiger partial charge in [-0.15, -0.1) is 0 Å². The molecule has 96 heavy (non-hydrogen) atoms. The number of hydrogen-bond donors (Lipinski definition) is 0. The van der Waals surface area contributed by atoms with Crippen LogP contribution in [0.5, 0.6) is 0 Å². The molecule has 0 aliphatic heterocycles. The summed E-state index contributed by atoms with van der Waals surface area (Å²) in [6.45, 7) is 170. The molecule has 0 aliphatic carbocycles. The highest BCUT2D eigenvalue weighted by Gasteiger charge is 2.79. The molecule has 0 N–H and O–H groups in total. The molecule has 0 heterocycles. The number of unbranched alkanes of at least 4 members (excludes halogenated alkanes) is 1. The SMILES string of the molecule is C=COC(=O)OCCCC[Si](C)(C)O[Si](C)(C)[Si](C)(C)[Si](C)(C)[Si](C)(C)[Si](C)(C)[Si](C)(C)[Si](C)(C)[Si](C)(C)[Si](C)(C)[Si](C)(C)[Si](C)(C)[Si](C)(C)[Si](C)(C)[Si](C)(C)[Si](C)(C)[Si](C)(C)[Si](C)(C)[Si](C)(C)[Si](C)(C)[Si](C)(C)[Si](C)(C)[Si](C)(C)[Si](C)(C)[Si](C)(C)[Si](C)(C)O[Si](C)(C)OC=C. The Balaban J connectivity index is 8.05. The van der Waals surface area contributed by atoms with Gasteiger partial charge in [-0.3, -0.25) is 0 Å². The molecule has 0 aromatic rings. The maximum Gasteiger partial charge on any atom is 0.513 e. The van der Waals surface area contributed by atoms with Crippen LogP contribution in [0.15, 0.2) is 25.7 Å². The molecule has 0 saturated heterocycles. The van der Waals surface area contributed by atoms with E-state index in [9.17, 15) is 4.79 Å². The molecule has 0 aliphatic rings. The summed E-state index contributed by atoms with van der Waals surface area (Å²) in [5.41, 5.74) is 0. The molecular weight excluding hydrogens is 1610 g/mol. The molecule has 572 valence electrons. The Kier molecular flexibility index (Phi) is 30.9. The van der Waals surface area contributed by atoms with Gasteiger partial charge in [0, 0.05) is 149 Å². The molecule has 0 rings (SSSR count). The fourth-order valence-electron chi connectivity index (χ4n) is 20.7. The second-order valence-corrected chi connectivity index (χ2v) is 350. The lowest BCUT2D eigenvalue weighted by Crippen LogP contribution is -2.99. The quantitative estimate of drug-likeness (QED) is 0.0270. The zero-order chi connectivity index (χ0) is 78.9. The second-order valence-electron chi connectivity index (χ2n) is 45.9. The van der Waals surface area contributed by atoms with E-state index < -0.39 is 202 Å². The van der Waals surface area contributed by atoms with Crippen molar-refractivity contribution < 1.29 is 26.9 Å². The van der Waals surface area contributed by atoms with Crippen molar-refractivity contribution in [2.75, 3.05) is 6.61 Å². The topological polar surface area (TPSA) is 63.2 Å². The van der Waals surface area contributed by atoms with Gasteiger partial charge in [0.2, 0.25) is 0 Å². The maximum atomic E-state index is 11.9. The number of hydrogen-bond acceptors (Lipinski definition) is 6. The lowest BCUT2D eigenvalue weighted by molar-refractivity contribution is 0.0838. The van der Waals surface area contributed by atoms with Crippen molar-refractivity contribution in [3.05, 3.63) is 25.7 Å². The van der Waals surface area contributed by atoms with E-state index in [-0.39, 0.29) is 0 Å². The normalized spacial score (nSPS) is 16.6. The Bertz CT molecular complexity index is 2750. The van der Waals surface area contributed by atoms with Gasteiger partial charge in [-0.2, -0.15) is 0 Å².